The highest BCUT2D eigenvalue weighted by Gasteiger charge is 2.28. The largest absolute Gasteiger partial charge is 0.484 e. The van der Waals surface area contributed by atoms with Crippen molar-refractivity contribution in [1.82, 2.24) is 15.8 Å². The zero-order chi connectivity index (χ0) is 17.6. The molecular formula is C14H18F3N3O3. The summed E-state index contributed by atoms with van der Waals surface area (Å²) in [5.41, 5.74) is 4.65. The number of benzene rings is 1. The van der Waals surface area contributed by atoms with Crippen molar-refractivity contribution >= 4 is 11.8 Å². The molecule has 9 heteroatoms. The van der Waals surface area contributed by atoms with Crippen LogP contribution in [-0.2, 0) is 4.79 Å². The summed E-state index contributed by atoms with van der Waals surface area (Å²) in [6.07, 6.45) is -4.43. The number of hydrogen-bond acceptors (Lipinski definition) is 4. The highest BCUT2D eigenvalue weighted by atomic mass is 19.4. The van der Waals surface area contributed by atoms with Crippen molar-refractivity contribution < 1.29 is 27.5 Å². The average molecular weight is 333 g/mol. The molecule has 0 radical (unpaired) electrons. The molecule has 0 aliphatic carbocycles. The summed E-state index contributed by atoms with van der Waals surface area (Å²) in [6.45, 7) is 0.255. The van der Waals surface area contributed by atoms with Crippen molar-refractivity contribution in [2.75, 3.05) is 20.7 Å². The van der Waals surface area contributed by atoms with E-state index in [1.165, 1.54) is 24.3 Å². The number of nitrogens with zero attached hydrogens (tertiary/aromatic N) is 1. The van der Waals surface area contributed by atoms with E-state index in [1.54, 1.807) is 25.9 Å². The van der Waals surface area contributed by atoms with E-state index in [0.717, 1.165) is 0 Å². The molecule has 0 spiro atoms. The Balaban J connectivity index is 2.53. The van der Waals surface area contributed by atoms with Gasteiger partial charge in [0.1, 0.15) is 5.75 Å². The van der Waals surface area contributed by atoms with E-state index in [2.05, 4.69) is 15.6 Å². The van der Waals surface area contributed by atoms with Crippen molar-refractivity contribution in [3.8, 4) is 5.75 Å². The molecule has 1 aromatic carbocycles. The third kappa shape index (κ3) is 6.55. The lowest BCUT2D eigenvalue weighted by molar-refractivity contribution is -0.153. The Morgan fingerprint density at radius 2 is 1.74 bits per heavy atom. The van der Waals surface area contributed by atoms with Gasteiger partial charge in [0.2, 0.25) is 0 Å². The number of likely N-dealkylation sites (N-methyl/N-ethyl adjacent to an activating group) is 1. The van der Waals surface area contributed by atoms with E-state index >= 15 is 0 Å². The van der Waals surface area contributed by atoms with Crippen LogP contribution in [0.4, 0.5) is 13.2 Å². The first kappa shape index (κ1) is 18.8. The quantitative estimate of drug-likeness (QED) is 0.798. The highest BCUT2D eigenvalue weighted by Crippen LogP contribution is 2.18. The second kappa shape index (κ2) is 7.82. The van der Waals surface area contributed by atoms with Crippen LogP contribution in [0.1, 0.15) is 17.3 Å². The van der Waals surface area contributed by atoms with Gasteiger partial charge >= 0.3 is 6.18 Å². The van der Waals surface area contributed by atoms with Crippen LogP contribution >= 0.6 is 0 Å². The van der Waals surface area contributed by atoms with Crippen LogP contribution in [-0.4, -0.2) is 49.6 Å². The van der Waals surface area contributed by atoms with Crippen LogP contribution in [0.15, 0.2) is 24.3 Å². The molecule has 2 amide bonds. The summed E-state index contributed by atoms with van der Waals surface area (Å²) in [7, 11) is 3.43. The fourth-order valence-electron chi connectivity index (χ4n) is 1.40. The van der Waals surface area contributed by atoms with Crippen LogP contribution < -0.4 is 15.6 Å². The van der Waals surface area contributed by atoms with Crippen molar-refractivity contribution in [2.45, 2.75) is 19.1 Å². The van der Waals surface area contributed by atoms with Crippen LogP contribution in [0.3, 0.4) is 0 Å². The van der Waals surface area contributed by atoms with Gasteiger partial charge in [0.15, 0.2) is 6.61 Å². The van der Waals surface area contributed by atoms with E-state index in [1.807, 2.05) is 0 Å². The molecular weight excluding hydrogens is 315 g/mol. The minimum atomic E-state index is -4.43. The summed E-state index contributed by atoms with van der Waals surface area (Å²) in [4.78, 5) is 25.1. The molecule has 0 unspecified atom stereocenters. The van der Waals surface area contributed by atoms with Crippen molar-refractivity contribution in [3.63, 3.8) is 0 Å². The zero-order valence-corrected chi connectivity index (χ0v) is 12.9. The van der Waals surface area contributed by atoms with E-state index in [9.17, 15) is 22.8 Å². The standard InChI is InChI=1S/C14H18F3N3O3/c1-9(20(2)3)12(21)18-19-13(22)10-4-6-11(7-5-10)23-8-14(15,16)17/h4-7,9H,8H2,1-3H3,(H,18,21)(H,19,22)/t9-/m0/s1. The number of amides is 2. The van der Waals surface area contributed by atoms with Crippen LogP contribution in [0, 0.1) is 0 Å². The Morgan fingerprint density at radius 3 is 2.22 bits per heavy atom. The Hall–Kier alpha value is -2.29. The number of carbonyl (C=O) groups excluding carboxylic acids is 2. The second-order valence-electron chi connectivity index (χ2n) is 5.01. The Labute approximate surface area is 131 Å². The number of nitrogens with one attached hydrogen (secondary N) is 2. The summed E-state index contributed by atoms with van der Waals surface area (Å²) >= 11 is 0. The zero-order valence-electron chi connectivity index (χ0n) is 12.9. The number of alkyl halides is 3. The van der Waals surface area contributed by atoms with Gasteiger partial charge in [-0.25, -0.2) is 0 Å². The predicted molar refractivity (Wildman–Crippen MR) is 76.7 cm³/mol. The van der Waals surface area contributed by atoms with Crippen LogP contribution in [0.5, 0.6) is 5.75 Å². The molecule has 0 aliphatic heterocycles. The topological polar surface area (TPSA) is 70.7 Å². The van der Waals surface area contributed by atoms with Crippen molar-refractivity contribution in [3.05, 3.63) is 29.8 Å². The highest BCUT2D eigenvalue weighted by molar-refractivity contribution is 5.95. The molecule has 23 heavy (non-hydrogen) atoms. The third-order valence-electron chi connectivity index (χ3n) is 2.97. The minimum Gasteiger partial charge on any atom is -0.484 e. The van der Waals surface area contributed by atoms with Gasteiger partial charge in [-0.15, -0.1) is 0 Å². The predicted octanol–water partition coefficient (Wildman–Crippen LogP) is 1.34. The Kier molecular flexibility index (Phi) is 6.38. The normalized spacial score (nSPS) is 12.7. The summed E-state index contributed by atoms with van der Waals surface area (Å²) < 4.78 is 40.6. The van der Waals surface area contributed by atoms with Gasteiger partial charge in [-0.3, -0.25) is 25.3 Å². The number of ether oxygens (including phenoxy) is 1. The average Bonchev–Trinajstić information content (AvgIpc) is 2.49. The maximum absolute atomic E-state index is 12.0. The van der Waals surface area contributed by atoms with Crippen LogP contribution in [0.2, 0.25) is 0 Å². The molecule has 0 bridgehead atoms. The first-order chi connectivity index (χ1) is 10.6. The summed E-state index contributed by atoms with van der Waals surface area (Å²) in [6, 6.07) is 4.63. The molecule has 1 aromatic rings. The molecule has 0 saturated heterocycles. The third-order valence-corrected chi connectivity index (χ3v) is 2.97. The monoisotopic (exact) mass is 333 g/mol. The lowest BCUT2D eigenvalue weighted by atomic mass is 10.2. The molecule has 0 fully saturated rings. The summed E-state index contributed by atoms with van der Waals surface area (Å²) in [5, 5.41) is 0. The van der Waals surface area contributed by atoms with Gasteiger partial charge in [-0.2, -0.15) is 13.2 Å². The molecule has 1 rings (SSSR count). The number of rotatable bonds is 5. The first-order valence-electron chi connectivity index (χ1n) is 6.66. The lowest BCUT2D eigenvalue weighted by Crippen LogP contribution is -2.49. The van der Waals surface area contributed by atoms with Gasteiger partial charge in [0, 0.05) is 5.56 Å². The number of hydrazine groups is 1. The second-order valence-corrected chi connectivity index (χ2v) is 5.01. The summed E-state index contributed by atoms with van der Waals surface area (Å²) in [5.74, 6) is -0.996. The molecule has 1 atom stereocenters. The minimum absolute atomic E-state index is 0.0101. The Bertz CT molecular complexity index is 544. The van der Waals surface area contributed by atoms with E-state index in [4.69, 9.17) is 0 Å². The van der Waals surface area contributed by atoms with Gasteiger partial charge in [0.05, 0.1) is 6.04 Å². The Morgan fingerprint density at radius 1 is 1.17 bits per heavy atom. The maximum atomic E-state index is 12.0. The smallest absolute Gasteiger partial charge is 0.422 e. The number of carbonyl (C=O) groups is 2. The lowest BCUT2D eigenvalue weighted by Gasteiger charge is -2.19. The fraction of sp³-hybridized carbons (Fsp3) is 0.429. The van der Waals surface area contributed by atoms with Gasteiger partial charge in [-0.1, -0.05) is 0 Å². The maximum Gasteiger partial charge on any atom is 0.422 e. The molecule has 0 aromatic heterocycles. The molecule has 2 N–H and O–H groups in total. The molecule has 0 saturated carbocycles. The van der Waals surface area contributed by atoms with Crippen molar-refractivity contribution in [2.24, 2.45) is 0 Å². The van der Waals surface area contributed by atoms with E-state index in [-0.39, 0.29) is 11.3 Å². The molecule has 0 heterocycles. The first-order valence-corrected chi connectivity index (χ1v) is 6.66. The number of hydrogen-bond donors (Lipinski definition) is 2. The van der Waals surface area contributed by atoms with E-state index < -0.39 is 30.6 Å². The molecule has 0 aliphatic rings. The fourth-order valence-corrected chi connectivity index (χ4v) is 1.40. The van der Waals surface area contributed by atoms with Gasteiger partial charge < -0.3 is 4.74 Å². The van der Waals surface area contributed by atoms with Crippen molar-refractivity contribution in [1.29, 1.82) is 0 Å². The van der Waals surface area contributed by atoms with Crippen LogP contribution in [0.25, 0.3) is 0 Å². The number of halogens is 3. The van der Waals surface area contributed by atoms with E-state index in [0.29, 0.717) is 0 Å². The molecule has 6 nitrogen and oxygen atoms in total. The van der Waals surface area contributed by atoms with Gasteiger partial charge in [-0.05, 0) is 45.3 Å². The van der Waals surface area contributed by atoms with Gasteiger partial charge in [0.25, 0.3) is 11.8 Å². The SMILES string of the molecule is C[C@@H](C(=O)NNC(=O)c1ccc(OCC(F)(F)F)cc1)N(C)C. The molecule has 128 valence electrons.